The van der Waals surface area contributed by atoms with E-state index < -0.39 is 5.97 Å². The number of nitrogens with zero attached hydrogens (tertiary/aromatic N) is 2. The number of likely N-dealkylation sites (N-methyl/N-ethyl adjacent to an activating group) is 1. The number of carbonyl (C=O) groups excluding carboxylic acids is 2. The quantitative estimate of drug-likeness (QED) is 0.611. The van der Waals surface area contributed by atoms with Crippen LogP contribution in [0, 0.1) is 0 Å². The zero-order valence-corrected chi connectivity index (χ0v) is 13.0. The standard InChI is InChI=1S/C16H21N3O3/c1-3-22-16(21)12-9-17-14-8-13-11(10-19(14)15(12)20)6-4-5-7-18(13)2/h8-10,14,17H,3-7H2,1-2H3/t14-/m1/s1. The second-order valence-electron chi connectivity index (χ2n) is 5.69. The van der Waals surface area contributed by atoms with Gasteiger partial charge in [0, 0.05) is 31.7 Å². The van der Waals surface area contributed by atoms with Crippen LogP contribution in [-0.2, 0) is 14.3 Å². The van der Waals surface area contributed by atoms with Gasteiger partial charge in [-0.05, 0) is 37.8 Å². The highest BCUT2D eigenvalue weighted by Crippen LogP contribution is 2.31. The number of rotatable bonds is 2. The van der Waals surface area contributed by atoms with E-state index in [1.807, 2.05) is 6.20 Å². The van der Waals surface area contributed by atoms with Crippen LogP contribution in [0.3, 0.4) is 0 Å². The van der Waals surface area contributed by atoms with E-state index >= 15 is 0 Å². The molecule has 0 aromatic carbocycles. The number of esters is 1. The third-order valence-corrected chi connectivity index (χ3v) is 4.20. The van der Waals surface area contributed by atoms with Crippen LogP contribution in [0.4, 0.5) is 0 Å². The maximum atomic E-state index is 12.5. The fourth-order valence-corrected chi connectivity index (χ4v) is 3.04. The van der Waals surface area contributed by atoms with E-state index in [0.717, 1.165) is 31.4 Å². The van der Waals surface area contributed by atoms with Crippen LogP contribution in [0.15, 0.2) is 35.3 Å². The molecule has 1 amide bonds. The molecule has 0 unspecified atom stereocenters. The van der Waals surface area contributed by atoms with Crippen LogP contribution in [0.25, 0.3) is 0 Å². The molecule has 1 saturated heterocycles. The maximum absolute atomic E-state index is 12.5. The number of hydrogen-bond donors (Lipinski definition) is 1. The minimum absolute atomic E-state index is 0.0498. The van der Waals surface area contributed by atoms with Crippen LogP contribution in [0.5, 0.6) is 0 Å². The maximum Gasteiger partial charge on any atom is 0.345 e. The number of carbonyl (C=O) groups is 2. The Bertz CT molecular complexity index is 591. The van der Waals surface area contributed by atoms with Gasteiger partial charge in [-0.3, -0.25) is 9.69 Å². The molecule has 3 rings (SSSR count). The van der Waals surface area contributed by atoms with E-state index in [1.165, 1.54) is 11.9 Å². The molecule has 0 bridgehead atoms. The van der Waals surface area contributed by atoms with Crippen molar-refractivity contribution in [1.82, 2.24) is 15.1 Å². The lowest BCUT2D eigenvalue weighted by molar-refractivity contribution is -0.142. The molecule has 0 aliphatic carbocycles. The Morgan fingerprint density at radius 2 is 2.27 bits per heavy atom. The average molecular weight is 303 g/mol. The van der Waals surface area contributed by atoms with Gasteiger partial charge < -0.3 is 15.0 Å². The summed E-state index contributed by atoms with van der Waals surface area (Å²) in [5, 5.41) is 3.11. The van der Waals surface area contributed by atoms with E-state index in [-0.39, 0.29) is 24.3 Å². The van der Waals surface area contributed by atoms with E-state index in [2.05, 4.69) is 23.3 Å². The van der Waals surface area contributed by atoms with Crippen molar-refractivity contribution in [3.8, 4) is 0 Å². The first-order chi connectivity index (χ1) is 10.6. The second-order valence-corrected chi connectivity index (χ2v) is 5.69. The first-order valence-electron chi connectivity index (χ1n) is 7.72. The molecule has 6 heteroatoms. The van der Waals surface area contributed by atoms with Crippen LogP contribution >= 0.6 is 0 Å². The SMILES string of the molecule is CCOC(=O)C1=CN[C@H]2C=C3C(=CN2C1=O)CCCCN3C. The van der Waals surface area contributed by atoms with Crippen LogP contribution < -0.4 is 5.32 Å². The van der Waals surface area contributed by atoms with E-state index in [0.29, 0.717) is 0 Å². The Kier molecular flexibility index (Phi) is 3.92. The van der Waals surface area contributed by atoms with Gasteiger partial charge in [0.05, 0.1) is 6.61 Å². The molecule has 22 heavy (non-hydrogen) atoms. The topological polar surface area (TPSA) is 61.9 Å². The number of allylic oxidation sites excluding steroid dienone is 1. The largest absolute Gasteiger partial charge is 0.462 e. The zero-order chi connectivity index (χ0) is 15.7. The minimum atomic E-state index is -0.579. The van der Waals surface area contributed by atoms with Crippen molar-refractivity contribution in [2.45, 2.75) is 32.4 Å². The van der Waals surface area contributed by atoms with Gasteiger partial charge in [-0.2, -0.15) is 0 Å². The molecule has 0 radical (unpaired) electrons. The predicted molar refractivity (Wildman–Crippen MR) is 81.1 cm³/mol. The Balaban J connectivity index is 1.89. The smallest absolute Gasteiger partial charge is 0.345 e. The molecular formula is C16H21N3O3. The van der Waals surface area contributed by atoms with Gasteiger partial charge in [0.15, 0.2) is 0 Å². The Morgan fingerprint density at radius 1 is 1.45 bits per heavy atom. The number of likely N-dealkylation sites (tertiary alicyclic amines) is 1. The molecule has 3 aliphatic heterocycles. The predicted octanol–water partition coefficient (Wildman–Crippen LogP) is 1.09. The van der Waals surface area contributed by atoms with Crippen molar-refractivity contribution in [3.05, 3.63) is 35.3 Å². The Morgan fingerprint density at radius 3 is 3.05 bits per heavy atom. The summed E-state index contributed by atoms with van der Waals surface area (Å²) < 4.78 is 4.94. The summed E-state index contributed by atoms with van der Waals surface area (Å²) in [7, 11) is 2.07. The third kappa shape index (κ3) is 2.49. The summed E-state index contributed by atoms with van der Waals surface area (Å²) in [5.74, 6) is -0.887. The van der Waals surface area contributed by atoms with Crippen molar-refractivity contribution in [1.29, 1.82) is 0 Å². The van der Waals surface area contributed by atoms with Gasteiger partial charge >= 0.3 is 5.97 Å². The van der Waals surface area contributed by atoms with Gasteiger partial charge in [0.25, 0.3) is 5.91 Å². The average Bonchev–Trinajstić information content (AvgIpc) is 2.68. The van der Waals surface area contributed by atoms with Crippen molar-refractivity contribution in [3.63, 3.8) is 0 Å². The Labute approximate surface area is 130 Å². The van der Waals surface area contributed by atoms with Crippen LogP contribution in [-0.4, -0.2) is 48.0 Å². The molecule has 0 aromatic heterocycles. The lowest BCUT2D eigenvalue weighted by Gasteiger charge is -2.37. The van der Waals surface area contributed by atoms with Crippen LogP contribution in [0.1, 0.15) is 26.2 Å². The third-order valence-electron chi connectivity index (χ3n) is 4.20. The molecule has 1 atom stereocenters. The summed E-state index contributed by atoms with van der Waals surface area (Å²) in [6.07, 6.45) is 8.35. The number of ether oxygens (including phenoxy) is 1. The normalized spacial score (nSPS) is 24.2. The summed E-state index contributed by atoms with van der Waals surface area (Å²) in [4.78, 5) is 28.2. The van der Waals surface area contributed by atoms with Crippen molar-refractivity contribution >= 4 is 11.9 Å². The molecule has 0 spiro atoms. The van der Waals surface area contributed by atoms with Gasteiger partial charge in [0.2, 0.25) is 0 Å². The van der Waals surface area contributed by atoms with Crippen molar-refractivity contribution in [2.75, 3.05) is 20.2 Å². The summed E-state index contributed by atoms with van der Waals surface area (Å²) in [6.45, 7) is 3.00. The van der Waals surface area contributed by atoms with Crippen molar-refractivity contribution < 1.29 is 14.3 Å². The molecule has 118 valence electrons. The summed E-state index contributed by atoms with van der Waals surface area (Å²) in [6, 6.07) is 0. The monoisotopic (exact) mass is 303 g/mol. The molecule has 1 fully saturated rings. The first kappa shape index (κ1) is 14.7. The van der Waals surface area contributed by atoms with E-state index in [4.69, 9.17) is 4.74 Å². The van der Waals surface area contributed by atoms with Gasteiger partial charge in [-0.1, -0.05) is 0 Å². The lowest BCUT2D eigenvalue weighted by atomic mass is 10.0. The summed E-state index contributed by atoms with van der Waals surface area (Å²) >= 11 is 0. The number of fused-ring (bicyclic) bond motifs is 2. The highest BCUT2D eigenvalue weighted by molar-refractivity contribution is 6.17. The van der Waals surface area contributed by atoms with Gasteiger partial charge in [-0.15, -0.1) is 0 Å². The van der Waals surface area contributed by atoms with Crippen LogP contribution in [0.2, 0.25) is 0 Å². The fraction of sp³-hybridized carbons (Fsp3) is 0.500. The molecule has 0 saturated carbocycles. The fourth-order valence-electron chi connectivity index (χ4n) is 3.04. The van der Waals surface area contributed by atoms with Crippen molar-refractivity contribution in [2.24, 2.45) is 0 Å². The molecule has 1 N–H and O–H groups in total. The first-order valence-corrected chi connectivity index (χ1v) is 7.72. The zero-order valence-electron chi connectivity index (χ0n) is 13.0. The molecule has 3 heterocycles. The molecule has 3 aliphatic rings. The Hall–Kier alpha value is -2.24. The van der Waals surface area contributed by atoms with E-state index in [1.54, 1.807) is 11.8 Å². The highest BCUT2D eigenvalue weighted by Gasteiger charge is 2.35. The second kappa shape index (κ2) is 5.87. The van der Waals surface area contributed by atoms with E-state index in [9.17, 15) is 9.59 Å². The van der Waals surface area contributed by atoms with Gasteiger partial charge in [-0.25, -0.2) is 4.79 Å². The lowest BCUT2D eigenvalue weighted by Crippen LogP contribution is -2.50. The number of hydrogen-bond acceptors (Lipinski definition) is 5. The van der Waals surface area contributed by atoms with Gasteiger partial charge in [0.1, 0.15) is 11.7 Å². The number of amides is 1. The minimum Gasteiger partial charge on any atom is -0.462 e. The molecule has 0 aromatic rings. The summed E-state index contributed by atoms with van der Waals surface area (Å²) in [5.41, 5.74) is 2.37. The highest BCUT2D eigenvalue weighted by atomic mass is 16.5. The number of nitrogens with one attached hydrogen (secondary N) is 1. The molecular weight excluding hydrogens is 282 g/mol. The molecule has 6 nitrogen and oxygen atoms in total.